The maximum atomic E-state index is 13.8. The number of aromatic nitrogens is 1. The summed E-state index contributed by atoms with van der Waals surface area (Å²) in [5.74, 6) is 0.627. The fourth-order valence-electron chi connectivity index (χ4n) is 4.49. The van der Waals surface area contributed by atoms with Crippen LogP contribution in [0.1, 0.15) is 69.7 Å². The lowest BCUT2D eigenvalue weighted by molar-refractivity contribution is 0.0970. The summed E-state index contributed by atoms with van der Waals surface area (Å²) in [6, 6.07) is 14.9. The zero-order valence-corrected chi connectivity index (χ0v) is 19.5. The van der Waals surface area contributed by atoms with Gasteiger partial charge in [0.25, 0.3) is 5.91 Å². The van der Waals surface area contributed by atoms with Gasteiger partial charge < -0.3 is 4.42 Å². The summed E-state index contributed by atoms with van der Waals surface area (Å²) in [4.78, 5) is 33.5. The zero-order valence-electron chi connectivity index (χ0n) is 19.5. The lowest BCUT2D eigenvalue weighted by atomic mass is 9.95. The van der Waals surface area contributed by atoms with Gasteiger partial charge in [0.2, 0.25) is 5.76 Å². The first kappa shape index (κ1) is 21.1. The molecule has 1 atom stereocenters. The van der Waals surface area contributed by atoms with Crippen molar-refractivity contribution in [3.8, 4) is 0 Å². The first-order valence-corrected chi connectivity index (χ1v) is 11.2. The molecule has 5 heteroatoms. The Morgan fingerprint density at radius 3 is 2.30 bits per heavy atom. The minimum absolute atomic E-state index is 0.0944. The van der Waals surface area contributed by atoms with Crippen LogP contribution in [0.15, 0.2) is 63.9 Å². The van der Waals surface area contributed by atoms with E-state index in [-0.39, 0.29) is 17.1 Å². The number of hydrogen-bond donors (Lipinski definition) is 0. The van der Waals surface area contributed by atoms with Crippen molar-refractivity contribution < 1.29 is 9.21 Å². The van der Waals surface area contributed by atoms with E-state index >= 15 is 0 Å². The third-order valence-corrected chi connectivity index (χ3v) is 6.55. The van der Waals surface area contributed by atoms with Crippen LogP contribution in [0.5, 0.6) is 0 Å². The van der Waals surface area contributed by atoms with Crippen molar-refractivity contribution in [3.63, 3.8) is 0 Å². The molecule has 0 bridgehead atoms. The molecule has 2 aromatic carbocycles. The first-order valence-electron chi connectivity index (χ1n) is 11.2. The van der Waals surface area contributed by atoms with Crippen LogP contribution < -0.4 is 10.3 Å². The number of aryl methyl sites for hydroxylation is 3. The SMILES string of the molecule is Cc1ccnc(N2C(=O)c3oc4cc(C)c(C)cc4c(=O)c3[C@@H]2c2ccc(C(C)C)cc2)c1. The third-order valence-electron chi connectivity index (χ3n) is 6.55. The standard InChI is InChI=1S/C28H26N2O3/c1-15(2)19-6-8-20(9-7-19)25-24-26(31)21-13-17(4)18(5)14-22(21)33-27(24)28(32)30(25)23-12-16(3)10-11-29-23/h6-15,25H,1-5H3/t25-/m0/s1. The number of fused-ring (bicyclic) bond motifs is 2. The fourth-order valence-corrected chi connectivity index (χ4v) is 4.49. The zero-order chi connectivity index (χ0) is 23.4. The topological polar surface area (TPSA) is 63.4 Å². The summed E-state index contributed by atoms with van der Waals surface area (Å²) in [7, 11) is 0. The number of carbonyl (C=O) groups is 1. The second kappa shape index (κ2) is 7.69. The maximum absolute atomic E-state index is 13.8. The van der Waals surface area contributed by atoms with E-state index in [4.69, 9.17) is 4.42 Å². The van der Waals surface area contributed by atoms with E-state index in [1.54, 1.807) is 11.1 Å². The molecule has 5 rings (SSSR count). The molecular formula is C28H26N2O3. The van der Waals surface area contributed by atoms with E-state index in [0.717, 1.165) is 22.3 Å². The van der Waals surface area contributed by atoms with Gasteiger partial charge in [-0.2, -0.15) is 0 Å². The highest BCUT2D eigenvalue weighted by Crippen LogP contribution is 2.41. The molecule has 0 unspecified atom stereocenters. The predicted octanol–water partition coefficient (Wildman–Crippen LogP) is 5.99. The molecule has 0 radical (unpaired) electrons. The van der Waals surface area contributed by atoms with Crippen molar-refractivity contribution in [2.24, 2.45) is 0 Å². The number of hydrogen-bond acceptors (Lipinski definition) is 4. The van der Waals surface area contributed by atoms with Gasteiger partial charge >= 0.3 is 0 Å². The molecule has 3 heterocycles. The van der Waals surface area contributed by atoms with Crippen LogP contribution in [0.25, 0.3) is 11.0 Å². The largest absolute Gasteiger partial charge is 0.450 e. The van der Waals surface area contributed by atoms with Crippen LogP contribution >= 0.6 is 0 Å². The minimum atomic E-state index is -0.606. The summed E-state index contributed by atoms with van der Waals surface area (Å²) in [6.45, 7) is 10.2. The third kappa shape index (κ3) is 3.35. The lowest BCUT2D eigenvalue weighted by Gasteiger charge is -2.24. The monoisotopic (exact) mass is 438 g/mol. The van der Waals surface area contributed by atoms with E-state index in [1.807, 2.05) is 57.2 Å². The van der Waals surface area contributed by atoms with Crippen molar-refractivity contribution in [3.05, 3.63) is 104 Å². The second-order valence-electron chi connectivity index (χ2n) is 9.20. The summed E-state index contributed by atoms with van der Waals surface area (Å²) in [6.07, 6.45) is 1.68. The van der Waals surface area contributed by atoms with E-state index < -0.39 is 6.04 Å². The van der Waals surface area contributed by atoms with Gasteiger partial charge in [-0.25, -0.2) is 4.98 Å². The van der Waals surface area contributed by atoms with Crippen LogP contribution in [0.3, 0.4) is 0 Å². The number of anilines is 1. The van der Waals surface area contributed by atoms with Crippen molar-refractivity contribution in [1.29, 1.82) is 0 Å². The Morgan fingerprint density at radius 2 is 1.64 bits per heavy atom. The van der Waals surface area contributed by atoms with Gasteiger partial charge in [-0.1, -0.05) is 38.1 Å². The van der Waals surface area contributed by atoms with Gasteiger partial charge in [-0.3, -0.25) is 14.5 Å². The predicted molar refractivity (Wildman–Crippen MR) is 130 cm³/mol. The first-order chi connectivity index (χ1) is 15.8. The van der Waals surface area contributed by atoms with Crippen molar-refractivity contribution in [1.82, 2.24) is 4.98 Å². The van der Waals surface area contributed by atoms with Crippen LogP contribution in [0.4, 0.5) is 5.82 Å². The fraction of sp³-hybridized carbons (Fsp3) is 0.250. The number of rotatable bonds is 3. The lowest BCUT2D eigenvalue weighted by Crippen LogP contribution is -2.30. The summed E-state index contributed by atoms with van der Waals surface area (Å²) in [5, 5.41) is 0.493. The van der Waals surface area contributed by atoms with E-state index in [9.17, 15) is 9.59 Å². The average Bonchev–Trinajstić information content (AvgIpc) is 3.08. The average molecular weight is 439 g/mol. The van der Waals surface area contributed by atoms with Crippen LogP contribution in [-0.4, -0.2) is 10.9 Å². The Bertz CT molecular complexity index is 1470. The van der Waals surface area contributed by atoms with Crippen LogP contribution in [0, 0.1) is 20.8 Å². The number of pyridine rings is 1. The smallest absolute Gasteiger partial charge is 0.296 e. The molecule has 33 heavy (non-hydrogen) atoms. The molecule has 0 saturated carbocycles. The Hall–Kier alpha value is -3.73. The molecule has 1 aliphatic heterocycles. The van der Waals surface area contributed by atoms with Crippen molar-refractivity contribution in [2.45, 2.75) is 46.6 Å². The molecule has 4 aromatic rings. The van der Waals surface area contributed by atoms with Gasteiger partial charge in [0.05, 0.1) is 17.0 Å². The van der Waals surface area contributed by atoms with Gasteiger partial charge in [-0.05, 0) is 78.8 Å². The highest BCUT2D eigenvalue weighted by molar-refractivity contribution is 6.10. The summed E-state index contributed by atoms with van der Waals surface area (Å²) >= 11 is 0. The Morgan fingerprint density at radius 1 is 0.939 bits per heavy atom. The van der Waals surface area contributed by atoms with Gasteiger partial charge in [0, 0.05) is 6.20 Å². The molecule has 0 spiro atoms. The Labute approximate surface area is 192 Å². The second-order valence-corrected chi connectivity index (χ2v) is 9.20. The number of nitrogens with zero attached hydrogens (tertiary/aromatic N) is 2. The summed E-state index contributed by atoms with van der Waals surface area (Å²) < 4.78 is 6.11. The van der Waals surface area contributed by atoms with Crippen molar-refractivity contribution >= 4 is 22.7 Å². The molecule has 0 N–H and O–H groups in total. The quantitative estimate of drug-likeness (QED) is 0.394. The van der Waals surface area contributed by atoms with Crippen LogP contribution in [0.2, 0.25) is 0 Å². The summed E-state index contributed by atoms with van der Waals surface area (Å²) in [5.41, 5.74) is 5.68. The molecule has 166 valence electrons. The highest BCUT2D eigenvalue weighted by atomic mass is 16.3. The molecular weight excluding hydrogens is 412 g/mol. The van der Waals surface area contributed by atoms with Crippen LogP contribution in [-0.2, 0) is 0 Å². The van der Waals surface area contributed by atoms with Gasteiger partial charge in [0.15, 0.2) is 5.43 Å². The normalized spacial score (nSPS) is 15.5. The number of amides is 1. The van der Waals surface area contributed by atoms with E-state index in [0.29, 0.717) is 28.3 Å². The maximum Gasteiger partial charge on any atom is 0.296 e. The van der Waals surface area contributed by atoms with Gasteiger partial charge in [-0.15, -0.1) is 0 Å². The number of carbonyl (C=O) groups excluding carboxylic acids is 1. The Balaban J connectivity index is 1.80. The molecule has 5 nitrogen and oxygen atoms in total. The van der Waals surface area contributed by atoms with E-state index in [2.05, 4.69) is 31.0 Å². The molecule has 1 aliphatic rings. The number of benzene rings is 2. The molecule has 0 fully saturated rings. The molecule has 0 aliphatic carbocycles. The molecule has 2 aromatic heterocycles. The van der Waals surface area contributed by atoms with E-state index in [1.165, 1.54) is 5.56 Å². The highest BCUT2D eigenvalue weighted by Gasteiger charge is 2.44. The van der Waals surface area contributed by atoms with Crippen molar-refractivity contribution in [2.75, 3.05) is 4.90 Å². The Kier molecular flexibility index (Phi) is 4.93. The molecule has 1 amide bonds. The minimum Gasteiger partial charge on any atom is -0.450 e. The molecule has 0 saturated heterocycles. The van der Waals surface area contributed by atoms with Gasteiger partial charge in [0.1, 0.15) is 11.4 Å².